The number of anilines is 1. The van der Waals surface area contributed by atoms with Crippen molar-refractivity contribution in [2.24, 2.45) is 4.99 Å². The van der Waals surface area contributed by atoms with Crippen molar-refractivity contribution in [1.82, 2.24) is 20.5 Å². The van der Waals surface area contributed by atoms with E-state index < -0.39 is 0 Å². The molecular weight excluding hydrogens is 392 g/mol. The van der Waals surface area contributed by atoms with E-state index in [-0.39, 0.29) is 0 Å². The van der Waals surface area contributed by atoms with Crippen LogP contribution in [0.1, 0.15) is 28.9 Å². The molecule has 30 heavy (non-hydrogen) atoms. The van der Waals surface area contributed by atoms with E-state index in [1.165, 1.54) is 15.6 Å². The Balaban J connectivity index is 1.34. The van der Waals surface area contributed by atoms with Crippen LogP contribution < -0.4 is 15.5 Å². The average Bonchev–Trinajstić information content (AvgIpc) is 3.09. The Morgan fingerprint density at radius 2 is 1.87 bits per heavy atom. The summed E-state index contributed by atoms with van der Waals surface area (Å²) < 4.78 is 0. The van der Waals surface area contributed by atoms with Crippen LogP contribution in [0, 0.1) is 13.8 Å². The van der Waals surface area contributed by atoms with Gasteiger partial charge in [0.05, 0.1) is 10.7 Å². The molecule has 1 aliphatic heterocycles. The van der Waals surface area contributed by atoms with Gasteiger partial charge in [0.2, 0.25) is 0 Å². The normalized spacial score (nSPS) is 15.4. The predicted molar refractivity (Wildman–Crippen MR) is 129 cm³/mol. The lowest BCUT2D eigenvalue weighted by molar-refractivity contribution is 0.256. The van der Waals surface area contributed by atoms with E-state index in [1.54, 1.807) is 11.3 Å². The van der Waals surface area contributed by atoms with Crippen LogP contribution in [0.25, 0.3) is 0 Å². The number of hydrogen-bond acceptors (Lipinski definition) is 5. The van der Waals surface area contributed by atoms with Gasteiger partial charge in [-0.1, -0.05) is 18.2 Å². The maximum atomic E-state index is 4.75. The quantitative estimate of drug-likeness (QED) is 0.365. The highest BCUT2D eigenvalue weighted by Crippen LogP contribution is 2.17. The fourth-order valence-electron chi connectivity index (χ4n) is 3.63. The summed E-state index contributed by atoms with van der Waals surface area (Å²) in [6, 6.07) is 10.7. The summed E-state index contributed by atoms with van der Waals surface area (Å²) >= 11 is 1.79. The van der Waals surface area contributed by atoms with E-state index in [2.05, 4.69) is 76.5 Å². The maximum absolute atomic E-state index is 4.75. The van der Waals surface area contributed by atoms with Gasteiger partial charge in [-0.3, -0.25) is 9.89 Å². The number of aromatic nitrogens is 1. The van der Waals surface area contributed by atoms with Gasteiger partial charge >= 0.3 is 0 Å². The Morgan fingerprint density at radius 3 is 2.53 bits per heavy atom. The van der Waals surface area contributed by atoms with E-state index in [0.29, 0.717) is 0 Å². The summed E-state index contributed by atoms with van der Waals surface area (Å²) in [6.07, 6.45) is 2.03. The molecule has 0 amide bonds. The second-order valence-electron chi connectivity index (χ2n) is 7.70. The Kier molecular flexibility index (Phi) is 8.96. The van der Waals surface area contributed by atoms with Crippen molar-refractivity contribution in [3.8, 4) is 0 Å². The summed E-state index contributed by atoms with van der Waals surface area (Å²) in [6.45, 7) is 14.5. The van der Waals surface area contributed by atoms with Crippen molar-refractivity contribution in [3.05, 3.63) is 45.9 Å². The van der Waals surface area contributed by atoms with Gasteiger partial charge in [0.1, 0.15) is 0 Å². The highest BCUT2D eigenvalue weighted by atomic mass is 32.1. The second kappa shape index (κ2) is 11.9. The number of hydrogen-bond donors (Lipinski definition) is 2. The van der Waals surface area contributed by atoms with Crippen LogP contribution in [-0.2, 0) is 6.42 Å². The van der Waals surface area contributed by atoms with Crippen LogP contribution in [0.4, 0.5) is 5.69 Å². The lowest BCUT2D eigenvalue weighted by Crippen LogP contribution is -2.46. The van der Waals surface area contributed by atoms with Gasteiger partial charge in [0.15, 0.2) is 5.96 Å². The molecule has 7 heteroatoms. The summed E-state index contributed by atoms with van der Waals surface area (Å²) in [5.74, 6) is 0.913. The average molecular weight is 429 g/mol. The van der Waals surface area contributed by atoms with Crippen LogP contribution in [0.5, 0.6) is 0 Å². The molecule has 1 fully saturated rings. The van der Waals surface area contributed by atoms with E-state index in [9.17, 15) is 0 Å². The van der Waals surface area contributed by atoms with Gasteiger partial charge in [-0.15, -0.1) is 11.3 Å². The van der Waals surface area contributed by atoms with Crippen LogP contribution in [-0.4, -0.2) is 68.2 Å². The topological polar surface area (TPSA) is 55.8 Å². The minimum Gasteiger partial charge on any atom is -0.369 e. The molecular formula is C23H36N6S. The number of piperazine rings is 1. The van der Waals surface area contributed by atoms with Crippen molar-refractivity contribution in [3.63, 3.8) is 0 Å². The number of aryl methyl sites for hydroxylation is 2. The second-order valence-corrected chi connectivity index (χ2v) is 8.99. The van der Waals surface area contributed by atoms with E-state index >= 15 is 0 Å². The first-order valence-corrected chi connectivity index (χ1v) is 11.9. The lowest BCUT2D eigenvalue weighted by atomic mass is 10.2. The monoisotopic (exact) mass is 428 g/mol. The molecule has 1 aromatic carbocycles. The SMILES string of the molecule is CCNC(=NCCCN1CCN(c2ccccc2)CC1)NCCc1nc(C)c(C)s1. The number of para-hydroxylation sites is 1. The van der Waals surface area contributed by atoms with E-state index in [1.807, 2.05) is 0 Å². The molecule has 0 radical (unpaired) electrons. The first kappa shape index (κ1) is 22.6. The molecule has 0 atom stereocenters. The molecule has 0 unspecified atom stereocenters. The number of nitrogens with one attached hydrogen (secondary N) is 2. The molecule has 0 saturated carbocycles. The van der Waals surface area contributed by atoms with Crippen LogP contribution in [0.3, 0.4) is 0 Å². The van der Waals surface area contributed by atoms with Crippen molar-refractivity contribution in [2.45, 2.75) is 33.6 Å². The Bertz CT molecular complexity index is 761. The third kappa shape index (κ3) is 6.99. The zero-order valence-electron chi connectivity index (χ0n) is 18.7. The van der Waals surface area contributed by atoms with Gasteiger partial charge in [0, 0.05) is 69.3 Å². The van der Waals surface area contributed by atoms with Gasteiger partial charge in [-0.2, -0.15) is 0 Å². The van der Waals surface area contributed by atoms with Crippen molar-refractivity contribution >= 4 is 23.0 Å². The first-order chi connectivity index (χ1) is 14.7. The summed E-state index contributed by atoms with van der Waals surface area (Å²) in [7, 11) is 0. The van der Waals surface area contributed by atoms with Crippen LogP contribution in [0.15, 0.2) is 35.3 Å². The van der Waals surface area contributed by atoms with Gasteiger partial charge < -0.3 is 15.5 Å². The largest absolute Gasteiger partial charge is 0.369 e. The number of thiazole rings is 1. The van der Waals surface area contributed by atoms with Gasteiger partial charge in [-0.05, 0) is 39.3 Å². The first-order valence-electron chi connectivity index (χ1n) is 11.1. The molecule has 164 valence electrons. The van der Waals surface area contributed by atoms with Crippen LogP contribution in [0.2, 0.25) is 0 Å². The Morgan fingerprint density at radius 1 is 1.10 bits per heavy atom. The molecule has 1 saturated heterocycles. The molecule has 0 aliphatic carbocycles. The zero-order chi connectivity index (χ0) is 21.2. The molecule has 2 aromatic rings. The Labute approximate surface area is 185 Å². The molecule has 3 rings (SSSR count). The molecule has 6 nitrogen and oxygen atoms in total. The van der Waals surface area contributed by atoms with Crippen LogP contribution >= 0.6 is 11.3 Å². The molecule has 2 heterocycles. The maximum Gasteiger partial charge on any atom is 0.191 e. The number of benzene rings is 1. The summed E-state index contributed by atoms with van der Waals surface area (Å²) in [5.41, 5.74) is 2.49. The van der Waals surface area contributed by atoms with Crippen molar-refractivity contribution in [1.29, 1.82) is 0 Å². The smallest absolute Gasteiger partial charge is 0.191 e. The van der Waals surface area contributed by atoms with E-state index in [0.717, 1.165) is 76.9 Å². The highest BCUT2D eigenvalue weighted by molar-refractivity contribution is 7.11. The summed E-state index contributed by atoms with van der Waals surface area (Å²) in [4.78, 5) is 15.7. The van der Waals surface area contributed by atoms with Gasteiger partial charge in [-0.25, -0.2) is 4.98 Å². The molecule has 1 aromatic heterocycles. The standard InChI is InChI=1S/C23H36N6S/c1-4-24-23(26-13-11-22-27-19(2)20(3)30-22)25-12-8-14-28-15-17-29(18-16-28)21-9-6-5-7-10-21/h5-7,9-10H,4,8,11-18H2,1-3H3,(H2,24,25,26). The third-order valence-electron chi connectivity index (χ3n) is 5.44. The van der Waals surface area contributed by atoms with Gasteiger partial charge in [0.25, 0.3) is 0 Å². The minimum atomic E-state index is 0.851. The van der Waals surface area contributed by atoms with E-state index in [4.69, 9.17) is 4.99 Å². The number of guanidine groups is 1. The number of rotatable bonds is 9. The summed E-state index contributed by atoms with van der Waals surface area (Å²) in [5, 5.41) is 7.99. The zero-order valence-corrected chi connectivity index (χ0v) is 19.5. The van der Waals surface area contributed by atoms with Crippen molar-refractivity contribution < 1.29 is 0 Å². The predicted octanol–water partition coefficient (Wildman–Crippen LogP) is 3.07. The molecule has 0 spiro atoms. The molecule has 0 bridgehead atoms. The Hall–Kier alpha value is -2.12. The fourth-order valence-corrected chi connectivity index (χ4v) is 4.56. The minimum absolute atomic E-state index is 0.851. The fraction of sp³-hybridized carbons (Fsp3) is 0.565. The van der Waals surface area contributed by atoms with Crippen molar-refractivity contribution in [2.75, 3.05) is 57.3 Å². The number of aliphatic imine (C=N–C) groups is 1. The highest BCUT2D eigenvalue weighted by Gasteiger charge is 2.16. The lowest BCUT2D eigenvalue weighted by Gasteiger charge is -2.36. The molecule has 1 aliphatic rings. The number of nitrogens with zero attached hydrogens (tertiary/aromatic N) is 4. The molecule has 2 N–H and O–H groups in total. The third-order valence-corrected chi connectivity index (χ3v) is 6.58.